The third-order valence-corrected chi connectivity index (χ3v) is 5.59. The van der Waals surface area contributed by atoms with E-state index < -0.39 is 0 Å². The van der Waals surface area contributed by atoms with Crippen molar-refractivity contribution in [3.8, 4) is 0 Å². The predicted molar refractivity (Wildman–Crippen MR) is 86.0 cm³/mol. The van der Waals surface area contributed by atoms with E-state index in [-0.39, 0.29) is 0 Å². The Morgan fingerprint density at radius 2 is 2.21 bits per heavy atom. The maximum Gasteiger partial charge on any atom is 0.0413 e. The van der Waals surface area contributed by atoms with Crippen LogP contribution in [0, 0.1) is 6.92 Å². The molecule has 0 amide bonds. The fourth-order valence-corrected chi connectivity index (χ4v) is 4.07. The summed E-state index contributed by atoms with van der Waals surface area (Å²) < 4.78 is 0. The third kappa shape index (κ3) is 3.66. The van der Waals surface area contributed by atoms with Crippen LogP contribution in [0.4, 0.5) is 0 Å². The van der Waals surface area contributed by atoms with E-state index in [2.05, 4.69) is 54.7 Å². The summed E-state index contributed by atoms with van der Waals surface area (Å²) in [5.41, 5.74) is 1.46. The molecule has 2 heterocycles. The monoisotopic (exact) mass is 294 g/mol. The molecule has 1 unspecified atom stereocenters. The first kappa shape index (κ1) is 14.7. The molecule has 104 valence electrons. The summed E-state index contributed by atoms with van der Waals surface area (Å²) >= 11 is 3.74. The third-order valence-electron chi connectivity index (χ3n) is 3.46. The molecule has 2 aromatic rings. The van der Waals surface area contributed by atoms with Gasteiger partial charge in [-0.05, 0) is 51.0 Å². The van der Waals surface area contributed by atoms with Crippen LogP contribution in [0.3, 0.4) is 0 Å². The Balaban J connectivity index is 2.04. The highest BCUT2D eigenvalue weighted by Gasteiger charge is 2.15. The molecule has 4 heteroatoms. The summed E-state index contributed by atoms with van der Waals surface area (Å²) in [6, 6.07) is 7.17. The van der Waals surface area contributed by atoms with Crippen molar-refractivity contribution in [2.24, 2.45) is 0 Å². The molecule has 0 spiro atoms. The van der Waals surface area contributed by atoms with Crippen molar-refractivity contribution in [1.29, 1.82) is 0 Å². The van der Waals surface area contributed by atoms with Gasteiger partial charge in [-0.2, -0.15) is 0 Å². The summed E-state index contributed by atoms with van der Waals surface area (Å²) in [7, 11) is 4.21. The normalized spacial score (nSPS) is 13.1. The summed E-state index contributed by atoms with van der Waals surface area (Å²) in [4.78, 5) is 6.72. The Labute approximate surface area is 124 Å². The van der Waals surface area contributed by atoms with E-state index in [4.69, 9.17) is 0 Å². The lowest BCUT2D eigenvalue weighted by Gasteiger charge is -2.23. The number of aryl methyl sites for hydroxylation is 1. The van der Waals surface area contributed by atoms with Crippen LogP contribution in [0.1, 0.15) is 33.2 Å². The molecule has 0 aliphatic heterocycles. The van der Waals surface area contributed by atoms with Crippen molar-refractivity contribution >= 4 is 22.7 Å². The first-order valence-electron chi connectivity index (χ1n) is 6.58. The molecule has 0 bridgehead atoms. The molecule has 2 rings (SSSR count). The molecular weight excluding hydrogens is 272 g/mol. The average molecular weight is 294 g/mol. The average Bonchev–Trinajstić information content (AvgIpc) is 3.00. The Morgan fingerprint density at radius 3 is 2.84 bits per heavy atom. The molecule has 1 N–H and O–H groups in total. The van der Waals surface area contributed by atoms with Crippen LogP contribution in [0.2, 0.25) is 0 Å². The Bertz CT molecular complexity index is 502. The summed E-state index contributed by atoms with van der Waals surface area (Å²) in [5.74, 6) is 0. The van der Waals surface area contributed by atoms with E-state index >= 15 is 0 Å². The van der Waals surface area contributed by atoms with Gasteiger partial charge in [0.2, 0.25) is 0 Å². The summed E-state index contributed by atoms with van der Waals surface area (Å²) in [5, 5.41) is 5.37. The van der Waals surface area contributed by atoms with E-state index in [1.807, 2.05) is 29.7 Å². The molecule has 0 radical (unpaired) electrons. The van der Waals surface area contributed by atoms with Gasteiger partial charge in [-0.1, -0.05) is 6.07 Å². The number of hydrogen-bond donors (Lipinski definition) is 1. The van der Waals surface area contributed by atoms with Crippen molar-refractivity contribution in [3.63, 3.8) is 0 Å². The molecule has 2 aromatic heterocycles. The standard InChI is InChI=1S/C15H22N2S2/c1-11(15-6-5-7-18-15)17(4)10-13-8-14(9-16-3)19-12(13)2/h5-8,11,16H,9-10H2,1-4H3. The molecule has 0 saturated carbocycles. The molecule has 0 aromatic carbocycles. The lowest BCUT2D eigenvalue weighted by Crippen LogP contribution is -2.21. The molecule has 0 aliphatic rings. The molecule has 0 aliphatic carbocycles. The van der Waals surface area contributed by atoms with Crippen molar-refractivity contribution in [1.82, 2.24) is 10.2 Å². The van der Waals surface area contributed by atoms with Crippen molar-refractivity contribution in [3.05, 3.63) is 43.8 Å². The van der Waals surface area contributed by atoms with E-state index in [1.54, 1.807) is 0 Å². The first-order chi connectivity index (χ1) is 9.11. The zero-order valence-corrected chi connectivity index (χ0v) is 13.7. The highest BCUT2D eigenvalue weighted by Crippen LogP contribution is 2.28. The van der Waals surface area contributed by atoms with Crippen LogP contribution in [-0.4, -0.2) is 19.0 Å². The van der Waals surface area contributed by atoms with Crippen molar-refractivity contribution < 1.29 is 0 Å². The maximum atomic E-state index is 3.22. The van der Waals surface area contributed by atoms with E-state index in [0.29, 0.717) is 6.04 Å². The summed E-state index contributed by atoms with van der Waals surface area (Å²) in [6.45, 7) is 6.49. The van der Waals surface area contributed by atoms with Gasteiger partial charge < -0.3 is 5.32 Å². The topological polar surface area (TPSA) is 15.3 Å². The zero-order chi connectivity index (χ0) is 13.8. The number of nitrogens with zero attached hydrogens (tertiary/aromatic N) is 1. The zero-order valence-electron chi connectivity index (χ0n) is 12.1. The second-order valence-electron chi connectivity index (χ2n) is 4.93. The fraction of sp³-hybridized carbons (Fsp3) is 0.467. The Hall–Kier alpha value is -0.680. The minimum Gasteiger partial charge on any atom is -0.315 e. The highest BCUT2D eigenvalue weighted by atomic mass is 32.1. The Morgan fingerprint density at radius 1 is 1.42 bits per heavy atom. The highest BCUT2D eigenvalue weighted by molar-refractivity contribution is 7.12. The van der Waals surface area contributed by atoms with E-state index in [0.717, 1.165) is 13.1 Å². The smallest absolute Gasteiger partial charge is 0.0413 e. The van der Waals surface area contributed by atoms with Crippen molar-refractivity contribution in [2.75, 3.05) is 14.1 Å². The lowest BCUT2D eigenvalue weighted by atomic mass is 10.2. The van der Waals surface area contributed by atoms with Gasteiger partial charge in [-0.25, -0.2) is 0 Å². The van der Waals surface area contributed by atoms with Crippen LogP contribution in [0.25, 0.3) is 0 Å². The number of rotatable bonds is 6. The first-order valence-corrected chi connectivity index (χ1v) is 8.28. The Kier molecular flexibility index (Phi) is 5.16. The second-order valence-corrected chi connectivity index (χ2v) is 7.25. The van der Waals surface area contributed by atoms with Crippen LogP contribution in [0.15, 0.2) is 23.6 Å². The molecule has 1 atom stereocenters. The molecule has 0 saturated heterocycles. The van der Waals surface area contributed by atoms with Crippen LogP contribution in [0.5, 0.6) is 0 Å². The van der Waals surface area contributed by atoms with E-state index in [1.165, 1.54) is 20.2 Å². The minimum absolute atomic E-state index is 0.479. The number of hydrogen-bond acceptors (Lipinski definition) is 4. The van der Waals surface area contributed by atoms with Crippen LogP contribution in [-0.2, 0) is 13.1 Å². The molecular formula is C15H22N2S2. The largest absolute Gasteiger partial charge is 0.315 e. The quantitative estimate of drug-likeness (QED) is 0.865. The minimum atomic E-state index is 0.479. The van der Waals surface area contributed by atoms with Crippen molar-refractivity contribution in [2.45, 2.75) is 33.0 Å². The second kappa shape index (κ2) is 6.66. The van der Waals surface area contributed by atoms with Gasteiger partial charge >= 0.3 is 0 Å². The van der Waals surface area contributed by atoms with Gasteiger partial charge in [0.05, 0.1) is 0 Å². The summed E-state index contributed by atoms with van der Waals surface area (Å²) in [6.07, 6.45) is 0. The van der Waals surface area contributed by atoms with Gasteiger partial charge in [-0.3, -0.25) is 4.90 Å². The van der Waals surface area contributed by atoms with Gasteiger partial charge in [0, 0.05) is 33.8 Å². The van der Waals surface area contributed by atoms with Crippen LogP contribution < -0.4 is 5.32 Å². The number of nitrogens with one attached hydrogen (secondary N) is 1. The molecule has 19 heavy (non-hydrogen) atoms. The van der Waals surface area contributed by atoms with Gasteiger partial charge in [0.25, 0.3) is 0 Å². The van der Waals surface area contributed by atoms with Gasteiger partial charge in [0.15, 0.2) is 0 Å². The molecule has 0 fully saturated rings. The van der Waals surface area contributed by atoms with Gasteiger partial charge in [0.1, 0.15) is 0 Å². The predicted octanol–water partition coefficient (Wildman–Crippen LogP) is 4.03. The number of thiophene rings is 2. The SMILES string of the molecule is CNCc1cc(CN(C)C(C)c2cccs2)c(C)s1. The maximum absolute atomic E-state index is 3.22. The van der Waals surface area contributed by atoms with Crippen LogP contribution >= 0.6 is 22.7 Å². The van der Waals surface area contributed by atoms with Gasteiger partial charge in [-0.15, -0.1) is 22.7 Å². The lowest BCUT2D eigenvalue weighted by molar-refractivity contribution is 0.256. The fourth-order valence-electron chi connectivity index (χ4n) is 2.16. The van der Waals surface area contributed by atoms with E-state index in [9.17, 15) is 0 Å². The molecule has 2 nitrogen and oxygen atoms in total.